The number of ether oxygens (including phenoxy) is 1. The molecule has 3 aromatic rings. The molecule has 0 aliphatic carbocycles. The summed E-state index contributed by atoms with van der Waals surface area (Å²) in [6.07, 6.45) is 1.52. The van der Waals surface area contributed by atoms with Gasteiger partial charge in [-0.25, -0.2) is 9.97 Å². The van der Waals surface area contributed by atoms with Crippen molar-refractivity contribution in [3.05, 3.63) is 46.5 Å². The van der Waals surface area contributed by atoms with Gasteiger partial charge in [-0.2, -0.15) is 0 Å². The Balaban J connectivity index is 2.02. The van der Waals surface area contributed by atoms with Crippen LogP contribution in [0.4, 0.5) is 0 Å². The first-order valence-corrected chi connectivity index (χ1v) is 6.62. The summed E-state index contributed by atoms with van der Waals surface area (Å²) in [6, 6.07) is 9.64. The fourth-order valence-electron chi connectivity index (χ4n) is 1.49. The molecular weight excluding hydrogens is 300 g/mol. The molecule has 0 spiro atoms. The minimum absolute atomic E-state index is 0.592. The van der Waals surface area contributed by atoms with Crippen LogP contribution >= 0.6 is 27.3 Å². The van der Waals surface area contributed by atoms with E-state index in [1.807, 2.05) is 35.7 Å². The molecule has 0 aliphatic rings. The topological polar surface area (TPSA) is 35.0 Å². The second kappa shape index (κ2) is 4.43. The number of fused-ring (bicyclic) bond motifs is 1. The van der Waals surface area contributed by atoms with Crippen LogP contribution < -0.4 is 4.74 Å². The van der Waals surface area contributed by atoms with Crippen molar-refractivity contribution in [1.29, 1.82) is 0 Å². The zero-order valence-corrected chi connectivity index (χ0v) is 11.0. The van der Waals surface area contributed by atoms with Crippen LogP contribution in [0.2, 0.25) is 0 Å². The molecule has 0 amide bonds. The molecule has 0 aliphatic heterocycles. The summed E-state index contributed by atoms with van der Waals surface area (Å²) >= 11 is 4.98. The molecule has 2 aromatic heterocycles. The van der Waals surface area contributed by atoms with E-state index in [4.69, 9.17) is 4.74 Å². The minimum atomic E-state index is 0.592. The molecule has 0 unspecified atom stereocenters. The van der Waals surface area contributed by atoms with Crippen molar-refractivity contribution in [1.82, 2.24) is 9.97 Å². The van der Waals surface area contributed by atoms with Gasteiger partial charge in [-0.1, -0.05) is 22.0 Å². The molecule has 17 heavy (non-hydrogen) atoms. The molecule has 0 saturated carbocycles. The molecule has 2 heterocycles. The van der Waals surface area contributed by atoms with Gasteiger partial charge in [0.2, 0.25) is 5.88 Å². The maximum Gasteiger partial charge on any atom is 0.231 e. The van der Waals surface area contributed by atoms with E-state index in [-0.39, 0.29) is 0 Å². The van der Waals surface area contributed by atoms with Gasteiger partial charge >= 0.3 is 0 Å². The molecule has 84 valence electrons. The second-order valence-corrected chi connectivity index (χ2v) is 5.19. The third-order valence-corrected chi connectivity index (χ3v) is 3.55. The lowest BCUT2D eigenvalue weighted by molar-refractivity contribution is 0.468. The Kier molecular flexibility index (Phi) is 2.78. The summed E-state index contributed by atoms with van der Waals surface area (Å²) in [7, 11) is 0. The summed E-state index contributed by atoms with van der Waals surface area (Å²) in [5.41, 5.74) is 0. The largest absolute Gasteiger partial charge is 0.438 e. The molecule has 0 N–H and O–H groups in total. The number of nitrogens with zero attached hydrogens (tertiary/aromatic N) is 2. The molecule has 0 saturated heterocycles. The van der Waals surface area contributed by atoms with Crippen LogP contribution in [0.3, 0.4) is 0 Å². The van der Waals surface area contributed by atoms with Gasteiger partial charge in [0.15, 0.2) is 0 Å². The molecule has 0 atom stereocenters. The Morgan fingerprint density at radius 3 is 3.00 bits per heavy atom. The Hall–Kier alpha value is -1.46. The molecule has 0 bridgehead atoms. The fourth-order valence-corrected chi connectivity index (χ4v) is 2.59. The summed E-state index contributed by atoms with van der Waals surface area (Å²) < 4.78 is 6.73. The Morgan fingerprint density at radius 2 is 2.12 bits per heavy atom. The van der Waals surface area contributed by atoms with Crippen molar-refractivity contribution in [2.45, 2.75) is 0 Å². The van der Waals surface area contributed by atoms with Gasteiger partial charge in [-0.05, 0) is 29.6 Å². The van der Waals surface area contributed by atoms with Gasteiger partial charge in [0.05, 0.1) is 5.39 Å². The van der Waals surface area contributed by atoms with Crippen LogP contribution in [0.15, 0.2) is 46.5 Å². The smallest absolute Gasteiger partial charge is 0.231 e. The van der Waals surface area contributed by atoms with E-state index < -0.39 is 0 Å². The van der Waals surface area contributed by atoms with Crippen molar-refractivity contribution >= 4 is 37.5 Å². The third-order valence-electron chi connectivity index (χ3n) is 2.24. The maximum atomic E-state index is 5.76. The lowest BCUT2D eigenvalue weighted by Gasteiger charge is -2.05. The zero-order valence-electron chi connectivity index (χ0n) is 8.63. The number of rotatable bonds is 2. The minimum Gasteiger partial charge on any atom is -0.438 e. The molecule has 0 fully saturated rings. The van der Waals surface area contributed by atoms with Crippen LogP contribution in [0.1, 0.15) is 0 Å². The van der Waals surface area contributed by atoms with E-state index in [2.05, 4.69) is 25.9 Å². The van der Waals surface area contributed by atoms with Crippen molar-refractivity contribution in [2.75, 3.05) is 0 Å². The first kappa shape index (κ1) is 10.7. The first-order chi connectivity index (χ1) is 8.33. The summed E-state index contributed by atoms with van der Waals surface area (Å²) in [5.74, 6) is 1.35. The highest BCUT2D eigenvalue weighted by molar-refractivity contribution is 9.10. The van der Waals surface area contributed by atoms with Gasteiger partial charge < -0.3 is 4.74 Å². The van der Waals surface area contributed by atoms with E-state index in [1.54, 1.807) is 11.3 Å². The van der Waals surface area contributed by atoms with Gasteiger partial charge in [-0.15, -0.1) is 11.3 Å². The Labute approximate surface area is 110 Å². The normalized spacial score (nSPS) is 10.6. The third kappa shape index (κ3) is 2.16. The van der Waals surface area contributed by atoms with Crippen LogP contribution in [0, 0.1) is 0 Å². The number of thiophene rings is 1. The van der Waals surface area contributed by atoms with Crippen molar-refractivity contribution < 1.29 is 4.74 Å². The average Bonchev–Trinajstić information content (AvgIpc) is 2.78. The van der Waals surface area contributed by atoms with Gasteiger partial charge in [0, 0.05) is 4.47 Å². The molecule has 3 nitrogen and oxygen atoms in total. The second-order valence-electron chi connectivity index (χ2n) is 3.38. The lowest BCUT2D eigenvalue weighted by atomic mass is 10.3. The predicted octanol–water partition coefficient (Wildman–Crippen LogP) is 4.25. The van der Waals surface area contributed by atoms with Crippen LogP contribution in [0.5, 0.6) is 11.6 Å². The average molecular weight is 307 g/mol. The van der Waals surface area contributed by atoms with E-state index >= 15 is 0 Å². The first-order valence-electron chi connectivity index (χ1n) is 4.94. The van der Waals surface area contributed by atoms with E-state index in [1.165, 1.54) is 6.33 Å². The van der Waals surface area contributed by atoms with E-state index in [0.29, 0.717) is 5.88 Å². The van der Waals surface area contributed by atoms with Crippen molar-refractivity contribution in [3.63, 3.8) is 0 Å². The number of halogens is 1. The number of hydrogen-bond donors (Lipinski definition) is 0. The fraction of sp³-hybridized carbons (Fsp3) is 0. The highest BCUT2D eigenvalue weighted by atomic mass is 79.9. The highest BCUT2D eigenvalue weighted by Gasteiger charge is 2.06. The monoisotopic (exact) mass is 306 g/mol. The summed E-state index contributed by atoms with van der Waals surface area (Å²) in [4.78, 5) is 9.28. The van der Waals surface area contributed by atoms with Gasteiger partial charge in [0.25, 0.3) is 0 Å². The molecule has 0 radical (unpaired) electrons. The van der Waals surface area contributed by atoms with Crippen LogP contribution in [0.25, 0.3) is 10.2 Å². The van der Waals surface area contributed by atoms with Crippen LogP contribution in [-0.4, -0.2) is 9.97 Å². The number of hydrogen-bond acceptors (Lipinski definition) is 4. The molecular formula is C12H7BrN2OS. The SMILES string of the molecule is Brc1cccc(Oc2ncnc3sccc23)c1. The van der Waals surface area contributed by atoms with Gasteiger partial charge in [0.1, 0.15) is 16.9 Å². The number of aromatic nitrogens is 2. The Bertz CT molecular complexity index is 668. The quantitative estimate of drug-likeness (QED) is 0.710. The zero-order chi connectivity index (χ0) is 11.7. The Morgan fingerprint density at radius 1 is 1.18 bits per heavy atom. The van der Waals surface area contributed by atoms with Crippen molar-refractivity contribution in [3.8, 4) is 11.6 Å². The van der Waals surface area contributed by atoms with Crippen molar-refractivity contribution in [2.24, 2.45) is 0 Å². The summed E-state index contributed by atoms with van der Waals surface area (Å²) in [5, 5.41) is 2.92. The predicted molar refractivity (Wildman–Crippen MR) is 71.6 cm³/mol. The lowest BCUT2D eigenvalue weighted by Crippen LogP contribution is -1.89. The van der Waals surface area contributed by atoms with Gasteiger partial charge in [-0.3, -0.25) is 0 Å². The molecule has 1 aromatic carbocycles. The number of benzene rings is 1. The van der Waals surface area contributed by atoms with E-state index in [9.17, 15) is 0 Å². The standard InChI is InChI=1S/C12H7BrN2OS/c13-8-2-1-3-9(6-8)16-11-10-4-5-17-12(10)15-7-14-11/h1-7H. The molecule has 3 rings (SSSR count). The summed E-state index contributed by atoms with van der Waals surface area (Å²) in [6.45, 7) is 0. The highest BCUT2D eigenvalue weighted by Crippen LogP contribution is 2.30. The van der Waals surface area contributed by atoms with Crippen LogP contribution in [-0.2, 0) is 0 Å². The molecule has 5 heteroatoms. The van der Waals surface area contributed by atoms with E-state index in [0.717, 1.165) is 20.4 Å². The maximum absolute atomic E-state index is 5.76.